The van der Waals surface area contributed by atoms with E-state index in [1.165, 1.54) is 0 Å². The van der Waals surface area contributed by atoms with Crippen LogP contribution in [0.1, 0.15) is 43.0 Å². The van der Waals surface area contributed by atoms with Gasteiger partial charge in [0.1, 0.15) is 5.82 Å². The van der Waals surface area contributed by atoms with Crippen LogP contribution in [0.15, 0.2) is 18.2 Å². The van der Waals surface area contributed by atoms with Gasteiger partial charge in [0.05, 0.1) is 11.3 Å². The summed E-state index contributed by atoms with van der Waals surface area (Å²) in [6, 6.07) is 3.30. The molecule has 116 valence electrons. The molecule has 1 rings (SSSR count). The smallest absolute Gasteiger partial charge is 0.335 e. The minimum absolute atomic E-state index is 0.0683. The number of benzene rings is 1. The highest BCUT2D eigenvalue weighted by atomic mass is 19.1. The van der Waals surface area contributed by atoms with Gasteiger partial charge < -0.3 is 16.2 Å². The Morgan fingerprint density at radius 1 is 1.38 bits per heavy atom. The second kappa shape index (κ2) is 8.36. The van der Waals surface area contributed by atoms with Crippen molar-refractivity contribution in [3.8, 4) is 0 Å². The zero-order chi connectivity index (χ0) is 15.8. The predicted molar refractivity (Wildman–Crippen MR) is 78.7 cm³/mol. The number of hydrogen-bond acceptors (Lipinski definition) is 3. The Morgan fingerprint density at radius 3 is 2.67 bits per heavy atom. The molecule has 1 aromatic carbocycles. The second-order valence-electron chi connectivity index (χ2n) is 4.94. The molecule has 0 saturated heterocycles. The highest BCUT2D eigenvalue weighted by Crippen LogP contribution is 2.18. The van der Waals surface area contributed by atoms with E-state index >= 15 is 0 Å². The number of hydrogen-bond donors (Lipinski definition) is 3. The highest BCUT2D eigenvalue weighted by Gasteiger charge is 2.13. The summed E-state index contributed by atoms with van der Waals surface area (Å²) >= 11 is 0. The van der Waals surface area contributed by atoms with Crippen LogP contribution in [0.5, 0.6) is 0 Å². The lowest BCUT2D eigenvalue weighted by molar-refractivity contribution is -0.116. The first-order valence-corrected chi connectivity index (χ1v) is 7.00. The Kier molecular flexibility index (Phi) is 6.81. The fourth-order valence-corrected chi connectivity index (χ4v) is 2.09. The van der Waals surface area contributed by atoms with Crippen LogP contribution in [0.2, 0.25) is 0 Å². The van der Waals surface area contributed by atoms with Crippen LogP contribution in [0.4, 0.5) is 10.1 Å². The fraction of sp³-hybridized carbons (Fsp3) is 0.467. The molecule has 6 heteroatoms. The number of aromatic carboxylic acids is 1. The van der Waals surface area contributed by atoms with Crippen molar-refractivity contribution < 1.29 is 19.1 Å². The number of amides is 1. The van der Waals surface area contributed by atoms with Crippen LogP contribution in [0.25, 0.3) is 0 Å². The second-order valence-corrected chi connectivity index (χ2v) is 4.94. The van der Waals surface area contributed by atoms with E-state index in [9.17, 15) is 14.0 Å². The van der Waals surface area contributed by atoms with Gasteiger partial charge in [-0.2, -0.15) is 0 Å². The molecule has 1 unspecified atom stereocenters. The maximum atomic E-state index is 13.6. The zero-order valence-electron chi connectivity index (χ0n) is 12.1. The molecule has 0 heterocycles. The zero-order valence-corrected chi connectivity index (χ0v) is 12.1. The largest absolute Gasteiger partial charge is 0.478 e. The highest BCUT2D eigenvalue weighted by molar-refractivity contribution is 5.94. The molecule has 1 amide bonds. The number of carboxylic acids is 1. The summed E-state index contributed by atoms with van der Waals surface area (Å²) in [4.78, 5) is 22.6. The normalized spacial score (nSPS) is 12.0. The molecule has 0 radical (unpaired) electrons. The maximum Gasteiger partial charge on any atom is 0.335 e. The molecule has 0 aliphatic rings. The molecule has 0 saturated carbocycles. The molecule has 0 aliphatic heterocycles. The maximum absolute atomic E-state index is 13.6. The Morgan fingerprint density at radius 2 is 2.10 bits per heavy atom. The molecule has 0 aromatic heterocycles. The van der Waals surface area contributed by atoms with Gasteiger partial charge in [-0.05, 0) is 43.5 Å². The van der Waals surface area contributed by atoms with E-state index in [4.69, 9.17) is 10.8 Å². The van der Waals surface area contributed by atoms with Crippen LogP contribution in [0.3, 0.4) is 0 Å². The molecular formula is C15H21FN2O3. The standard InChI is InChI=1S/C15H21FN2O3/c1-2-10(7-8-17)3-6-14(19)18-13-9-11(15(20)21)4-5-12(13)16/h4-5,9-10H,2-3,6-8,17H2,1H3,(H,18,19)(H,20,21). The van der Waals surface area contributed by atoms with Crippen LogP contribution in [-0.4, -0.2) is 23.5 Å². The van der Waals surface area contributed by atoms with E-state index in [0.29, 0.717) is 18.9 Å². The summed E-state index contributed by atoms with van der Waals surface area (Å²) in [6.07, 6.45) is 2.73. The minimum Gasteiger partial charge on any atom is -0.478 e. The van der Waals surface area contributed by atoms with Gasteiger partial charge in [0.2, 0.25) is 5.91 Å². The fourth-order valence-electron chi connectivity index (χ4n) is 2.09. The molecule has 0 aliphatic carbocycles. The summed E-state index contributed by atoms with van der Waals surface area (Å²) in [5, 5.41) is 11.3. The average Bonchev–Trinajstić information content (AvgIpc) is 2.45. The first-order valence-electron chi connectivity index (χ1n) is 7.00. The van der Waals surface area contributed by atoms with E-state index < -0.39 is 11.8 Å². The summed E-state index contributed by atoms with van der Waals surface area (Å²) in [5.74, 6) is -1.77. The lowest BCUT2D eigenvalue weighted by Gasteiger charge is -2.13. The van der Waals surface area contributed by atoms with Crippen molar-refractivity contribution in [2.45, 2.75) is 32.6 Å². The third kappa shape index (κ3) is 5.51. The van der Waals surface area contributed by atoms with E-state index in [2.05, 4.69) is 5.32 Å². The molecule has 1 atom stereocenters. The molecule has 0 fully saturated rings. The van der Waals surface area contributed by atoms with Gasteiger partial charge in [0, 0.05) is 6.42 Å². The van der Waals surface area contributed by atoms with Crippen molar-refractivity contribution in [2.24, 2.45) is 11.7 Å². The summed E-state index contributed by atoms with van der Waals surface area (Å²) in [5.41, 5.74) is 5.32. The van der Waals surface area contributed by atoms with E-state index in [0.717, 1.165) is 31.0 Å². The van der Waals surface area contributed by atoms with E-state index in [1.54, 1.807) is 0 Å². The number of halogens is 1. The van der Waals surface area contributed by atoms with Crippen LogP contribution in [0, 0.1) is 11.7 Å². The van der Waals surface area contributed by atoms with Crippen molar-refractivity contribution in [2.75, 3.05) is 11.9 Å². The number of carbonyl (C=O) groups excluding carboxylic acids is 1. The number of rotatable bonds is 8. The molecule has 5 nitrogen and oxygen atoms in total. The van der Waals surface area contributed by atoms with Crippen LogP contribution in [-0.2, 0) is 4.79 Å². The number of carboxylic acid groups (broad SMARTS) is 1. The summed E-state index contributed by atoms with van der Waals surface area (Å²) in [6.45, 7) is 2.61. The lowest BCUT2D eigenvalue weighted by atomic mass is 9.96. The monoisotopic (exact) mass is 296 g/mol. The molecular weight excluding hydrogens is 275 g/mol. The van der Waals surface area contributed by atoms with Crippen LogP contribution >= 0.6 is 0 Å². The Labute approximate surface area is 123 Å². The predicted octanol–water partition coefficient (Wildman–Crippen LogP) is 2.62. The average molecular weight is 296 g/mol. The van der Waals surface area contributed by atoms with Gasteiger partial charge in [-0.15, -0.1) is 0 Å². The number of nitrogens with two attached hydrogens (primary N) is 1. The third-order valence-corrected chi connectivity index (χ3v) is 3.42. The van der Waals surface area contributed by atoms with Crippen LogP contribution < -0.4 is 11.1 Å². The van der Waals surface area contributed by atoms with Gasteiger partial charge in [-0.3, -0.25) is 4.79 Å². The van der Waals surface area contributed by atoms with Gasteiger partial charge in [0.25, 0.3) is 0 Å². The lowest BCUT2D eigenvalue weighted by Crippen LogP contribution is -2.16. The van der Waals surface area contributed by atoms with Crippen molar-refractivity contribution in [1.29, 1.82) is 0 Å². The molecule has 4 N–H and O–H groups in total. The Balaban J connectivity index is 2.62. The van der Waals surface area contributed by atoms with Crippen molar-refractivity contribution in [3.63, 3.8) is 0 Å². The summed E-state index contributed by atoms with van der Waals surface area (Å²) < 4.78 is 13.6. The van der Waals surface area contributed by atoms with Gasteiger partial charge in [0.15, 0.2) is 0 Å². The number of nitrogens with one attached hydrogen (secondary N) is 1. The minimum atomic E-state index is -1.17. The SMILES string of the molecule is CCC(CCN)CCC(=O)Nc1cc(C(=O)O)ccc1F. The Bertz CT molecular complexity index is 506. The van der Waals surface area contributed by atoms with Crippen molar-refractivity contribution >= 4 is 17.6 Å². The summed E-state index contributed by atoms with van der Waals surface area (Å²) in [7, 11) is 0. The number of anilines is 1. The molecule has 21 heavy (non-hydrogen) atoms. The van der Waals surface area contributed by atoms with E-state index in [1.807, 2.05) is 6.92 Å². The first-order chi connectivity index (χ1) is 9.97. The van der Waals surface area contributed by atoms with Crippen molar-refractivity contribution in [1.82, 2.24) is 0 Å². The molecule has 0 bridgehead atoms. The number of carbonyl (C=O) groups is 2. The quantitative estimate of drug-likeness (QED) is 0.687. The third-order valence-electron chi connectivity index (χ3n) is 3.42. The topological polar surface area (TPSA) is 92.4 Å². The van der Waals surface area contributed by atoms with Gasteiger partial charge in [-0.25, -0.2) is 9.18 Å². The molecule has 0 spiro atoms. The van der Waals surface area contributed by atoms with Crippen molar-refractivity contribution in [3.05, 3.63) is 29.6 Å². The first kappa shape index (κ1) is 17.1. The molecule has 1 aromatic rings. The van der Waals surface area contributed by atoms with Gasteiger partial charge >= 0.3 is 5.97 Å². The van der Waals surface area contributed by atoms with Gasteiger partial charge in [-0.1, -0.05) is 13.3 Å². The van der Waals surface area contributed by atoms with E-state index in [-0.39, 0.29) is 23.6 Å². The Hall–Kier alpha value is -1.95.